The lowest BCUT2D eigenvalue weighted by atomic mass is 10.1. The number of halogens is 1. The Morgan fingerprint density at radius 3 is 2.78 bits per heavy atom. The molecule has 0 aliphatic rings. The maximum absolute atomic E-state index is 8.98. The second-order valence-corrected chi connectivity index (χ2v) is 5.20. The van der Waals surface area contributed by atoms with E-state index in [0.717, 1.165) is 36.4 Å². The fraction of sp³-hybridized carbons (Fsp3) is 0.467. The molecule has 0 aliphatic heterocycles. The second-order valence-electron chi connectivity index (χ2n) is 4.79. The van der Waals surface area contributed by atoms with Crippen molar-refractivity contribution in [3.63, 3.8) is 0 Å². The highest BCUT2D eigenvalue weighted by Gasteiger charge is 2.10. The van der Waals surface area contributed by atoms with E-state index in [-0.39, 0.29) is 6.61 Å². The molecule has 18 heavy (non-hydrogen) atoms. The Bertz CT molecular complexity index is 545. The molecule has 2 nitrogen and oxygen atoms in total. The molecule has 0 saturated carbocycles. The minimum atomic E-state index is 0.243. The fourth-order valence-corrected chi connectivity index (χ4v) is 2.55. The number of fused-ring (bicyclic) bond motifs is 1. The molecule has 1 aromatic heterocycles. The normalized spacial score (nSPS) is 11.3. The van der Waals surface area contributed by atoms with Crippen molar-refractivity contribution in [2.45, 2.75) is 39.7 Å². The topological polar surface area (TPSA) is 25.2 Å². The molecule has 0 spiro atoms. The highest BCUT2D eigenvalue weighted by atomic mass is 35.5. The molecule has 0 fully saturated rings. The molecule has 0 saturated heterocycles. The summed E-state index contributed by atoms with van der Waals surface area (Å²) in [7, 11) is 0. The molecule has 3 heteroatoms. The molecule has 1 N–H and O–H groups in total. The highest BCUT2D eigenvalue weighted by molar-refractivity contribution is 6.32. The number of aromatic nitrogens is 1. The lowest BCUT2D eigenvalue weighted by Gasteiger charge is -2.04. The van der Waals surface area contributed by atoms with E-state index < -0.39 is 0 Å². The van der Waals surface area contributed by atoms with Crippen molar-refractivity contribution in [2.24, 2.45) is 0 Å². The Kier molecular flexibility index (Phi) is 4.31. The zero-order valence-electron chi connectivity index (χ0n) is 11.0. The molecule has 0 aliphatic carbocycles. The first-order chi connectivity index (χ1) is 8.67. The van der Waals surface area contributed by atoms with Crippen LogP contribution in [0.25, 0.3) is 10.9 Å². The number of aliphatic hydroxyl groups is 1. The van der Waals surface area contributed by atoms with Crippen LogP contribution in [0.1, 0.15) is 30.9 Å². The maximum atomic E-state index is 8.98. The van der Waals surface area contributed by atoms with Crippen molar-refractivity contribution in [3.05, 3.63) is 34.5 Å². The lowest BCUT2D eigenvalue weighted by molar-refractivity contribution is 0.288. The van der Waals surface area contributed by atoms with Crippen LogP contribution in [0.3, 0.4) is 0 Å². The van der Waals surface area contributed by atoms with E-state index in [1.165, 1.54) is 16.5 Å². The summed E-state index contributed by atoms with van der Waals surface area (Å²) < 4.78 is 2.27. The van der Waals surface area contributed by atoms with Gasteiger partial charge >= 0.3 is 0 Å². The van der Waals surface area contributed by atoms with Crippen molar-refractivity contribution in [1.29, 1.82) is 0 Å². The van der Waals surface area contributed by atoms with Gasteiger partial charge in [-0.3, -0.25) is 0 Å². The number of nitrogens with zero attached hydrogens (tertiary/aromatic N) is 1. The summed E-state index contributed by atoms with van der Waals surface area (Å²) in [5.41, 5.74) is 3.64. The molecular formula is C15H20ClNO. The van der Waals surface area contributed by atoms with Gasteiger partial charge < -0.3 is 9.67 Å². The third kappa shape index (κ3) is 2.55. The third-order valence-electron chi connectivity index (χ3n) is 3.31. The Hall–Kier alpha value is -0.990. The number of hydrogen-bond acceptors (Lipinski definition) is 1. The van der Waals surface area contributed by atoms with Crippen LogP contribution in [0.4, 0.5) is 0 Å². The van der Waals surface area contributed by atoms with Crippen molar-refractivity contribution in [2.75, 3.05) is 6.61 Å². The second kappa shape index (κ2) is 5.77. The van der Waals surface area contributed by atoms with E-state index in [2.05, 4.69) is 29.8 Å². The summed E-state index contributed by atoms with van der Waals surface area (Å²) in [6.45, 7) is 5.46. The maximum Gasteiger partial charge on any atom is 0.0498 e. The van der Waals surface area contributed by atoms with Crippen LogP contribution in [0.5, 0.6) is 0 Å². The molecule has 98 valence electrons. The Morgan fingerprint density at radius 2 is 2.11 bits per heavy atom. The lowest BCUT2D eigenvalue weighted by Crippen LogP contribution is -1.94. The van der Waals surface area contributed by atoms with E-state index in [4.69, 9.17) is 16.7 Å². The standard InChI is InChI=1S/C15H20ClNO/c1-3-6-17-10-12(5-4-7-18)13-8-11(2)14(16)9-15(13)17/h8-10,18H,3-7H2,1-2H3. The van der Waals surface area contributed by atoms with Gasteiger partial charge in [0, 0.05) is 35.3 Å². The molecule has 0 amide bonds. The molecule has 0 bridgehead atoms. The molecular weight excluding hydrogens is 246 g/mol. The van der Waals surface area contributed by atoms with Gasteiger partial charge in [0.1, 0.15) is 0 Å². The van der Waals surface area contributed by atoms with Crippen LogP contribution >= 0.6 is 11.6 Å². The van der Waals surface area contributed by atoms with Crippen LogP contribution in [-0.2, 0) is 13.0 Å². The minimum Gasteiger partial charge on any atom is -0.396 e. The van der Waals surface area contributed by atoms with Gasteiger partial charge in [0.05, 0.1) is 0 Å². The van der Waals surface area contributed by atoms with Crippen molar-refractivity contribution in [3.8, 4) is 0 Å². The van der Waals surface area contributed by atoms with Gasteiger partial charge in [0.15, 0.2) is 0 Å². The molecule has 2 aromatic rings. The van der Waals surface area contributed by atoms with Crippen LogP contribution in [-0.4, -0.2) is 16.3 Å². The molecule has 2 rings (SSSR count). The summed E-state index contributed by atoms with van der Waals surface area (Å²) in [6.07, 6.45) is 5.05. The monoisotopic (exact) mass is 265 g/mol. The zero-order valence-corrected chi connectivity index (χ0v) is 11.8. The first kappa shape index (κ1) is 13.4. The third-order valence-corrected chi connectivity index (χ3v) is 3.72. The molecule has 0 atom stereocenters. The molecule has 0 radical (unpaired) electrons. The summed E-state index contributed by atoms with van der Waals surface area (Å²) in [4.78, 5) is 0. The summed E-state index contributed by atoms with van der Waals surface area (Å²) in [6, 6.07) is 4.22. The van der Waals surface area contributed by atoms with Gasteiger partial charge in [-0.05, 0) is 49.4 Å². The number of aliphatic hydroxyl groups excluding tert-OH is 1. The van der Waals surface area contributed by atoms with E-state index >= 15 is 0 Å². The summed E-state index contributed by atoms with van der Waals surface area (Å²) >= 11 is 6.22. The summed E-state index contributed by atoms with van der Waals surface area (Å²) in [5, 5.41) is 11.1. The van der Waals surface area contributed by atoms with Gasteiger partial charge in [-0.2, -0.15) is 0 Å². The Balaban J connectivity index is 2.53. The van der Waals surface area contributed by atoms with Gasteiger partial charge in [-0.15, -0.1) is 0 Å². The first-order valence-corrected chi connectivity index (χ1v) is 6.94. The van der Waals surface area contributed by atoms with Gasteiger partial charge in [-0.25, -0.2) is 0 Å². The summed E-state index contributed by atoms with van der Waals surface area (Å²) in [5.74, 6) is 0. The molecule has 1 heterocycles. The zero-order chi connectivity index (χ0) is 13.1. The average molecular weight is 266 g/mol. The predicted molar refractivity (Wildman–Crippen MR) is 77.4 cm³/mol. The van der Waals surface area contributed by atoms with Crippen LogP contribution < -0.4 is 0 Å². The molecule has 0 unspecified atom stereocenters. The van der Waals surface area contributed by atoms with Crippen LogP contribution in [0, 0.1) is 6.92 Å². The van der Waals surface area contributed by atoms with Crippen LogP contribution in [0.15, 0.2) is 18.3 Å². The van der Waals surface area contributed by atoms with E-state index in [1.54, 1.807) is 0 Å². The quantitative estimate of drug-likeness (QED) is 0.870. The van der Waals surface area contributed by atoms with E-state index in [0.29, 0.717) is 0 Å². The smallest absolute Gasteiger partial charge is 0.0498 e. The number of rotatable bonds is 5. The van der Waals surface area contributed by atoms with Gasteiger partial charge in [0.2, 0.25) is 0 Å². The Labute approximate surface area is 113 Å². The first-order valence-electron chi connectivity index (χ1n) is 6.56. The number of aryl methyl sites for hydroxylation is 3. The average Bonchev–Trinajstić information content (AvgIpc) is 2.66. The van der Waals surface area contributed by atoms with E-state index in [9.17, 15) is 0 Å². The fourth-order valence-electron chi connectivity index (χ4n) is 2.39. The largest absolute Gasteiger partial charge is 0.396 e. The van der Waals surface area contributed by atoms with E-state index in [1.807, 2.05) is 6.92 Å². The SMILES string of the molecule is CCCn1cc(CCCO)c2cc(C)c(Cl)cc21. The highest BCUT2D eigenvalue weighted by Crippen LogP contribution is 2.28. The Morgan fingerprint density at radius 1 is 1.33 bits per heavy atom. The number of benzene rings is 1. The molecule has 1 aromatic carbocycles. The van der Waals surface area contributed by atoms with Gasteiger partial charge in [-0.1, -0.05) is 18.5 Å². The minimum absolute atomic E-state index is 0.243. The van der Waals surface area contributed by atoms with Crippen molar-refractivity contribution in [1.82, 2.24) is 4.57 Å². The van der Waals surface area contributed by atoms with Crippen molar-refractivity contribution >= 4 is 22.5 Å². The van der Waals surface area contributed by atoms with Crippen LogP contribution in [0.2, 0.25) is 5.02 Å². The van der Waals surface area contributed by atoms with Gasteiger partial charge in [0.25, 0.3) is 0 Å². The van der Waals surface area contributed by atoms with Crippen molar-refractivity contribution < 1.29 is 5.11 Å². The number of hydrogen-bond donors (Lipinski definition) is 1. The predicted octanol–water partition coefficient (Wildman–Crippen LogP) is 3.94.